The highest BCUT2D eigenvalue weighted by atomic mass is 16.5. The molecule has 0 spiro atoms. The van der Waals surface area contributed by atoms with Gasteiger partial charge in [0.1, 0.15) is 23.5 Å². The van der Waals surface area contributed by atoms with Crippen LogP contribution in [0.4, 0.5) is 11.5 Å². The van der Waals surface area contributed by atoms with Crippen LogP contribution in [0.15, 0.2) is 52.0 Å². The monoisotopic (exact) mass is 534 g/mol. The first-order chi connectivity index (χ1) is 18.8. The van der Waals surface area contributed by atoms with Crippen molar-refractivity contribution in [2.75, 3.05) is 38.1 Å². The number of nitroso groups, excluding NO2 is 2. The number of anilines is 1. The van der Waals surface area contributed by atoms with E-state index in [1.165, 1.54) is 6.20 Å². The Morgan fingerprint density at radius 1 is 1.23 bits per heavy atom. The first-order valence-corrected chi connectivity index (χ1v) is 12.8. The van der Waals surface area contributed by atoms with Gasteiger partial charge in [0, 0.05) is 50.5 Å². The predicted molar refractivity (Wildman–Crippen MR) is 144 cm³/mol. The summed E-state index contributed by atoms with van der Waals surface area (Å²) in [4.78, 5) is 51.6. The lowest BCUT2D eigenvalue weighted by molar-refractivity contribution is -0.0733. The van der Waals surface area contributed by atoms with Gasteiger partial charge in [-0.2, -0.15) is 9.90 Å². The van der Waals surface area contributed by atoms with Gasteiger partial charge in [-0.3, -0.25) is 19.2 Å². The summed E-state index contributed by atoms with van der Waals surface area (Å²) < 4.78 is 13.5. The number of nitrogens with one attached hydrogen (secondary N) is 1. The number of morpholine rings is 1. The Hall–Kier alpha value is -4.10. The van der Waals surface area contributed by atoms with Gasteiger partial charge >= 0.3 is 0 Å². The van der Waals surface area contributed by atoms with Crippen LogP contribution in [-0.2, 0) is 11.3 Å². The molecule has 13 heteroatoms. The maximum absolute atomic E-state index is 12.8. The van der Waals surface area contributed by atoms with Crippen LogP contribution in [0.25, 0.3) is 10.9 Å². The van der Waals surface area contributed by atoms with Gasteiger partial charge in [-0.25, -0.2) is 4.98 Å². The third kappa shape index (κ3) is 5.54. The zero-order valence-electron chi connectivity index (χ0n) is 22.0. The molecule has 3 aromatic rings. The molecule has 4 heterocycles. The van der Waals surface area contributed by atoms with Crippen molar-refractivity contribution in [1.82, 2.24) is 19.4 Å². The zero-order chi connectivity index (χ0) is 27.6. The van der Waals surface area contributed by atoms with Crippen molar-refractivity contribution in [2.45, 2.75) is 45.1 Å². The number of hydrogen-bond acceptors (Lipinski definition) is 11. The minimum absolute atomic E-state index is 0.0425. The summed E-state index contributed by atoms with van der Waals surface area (Å²) in [6.45, 7) is 8.50. The molecule has 0 aliphatic carbocycles. The topological polar surface area (TPSA) is 153 Å². The summed E-state index contributed by atoms with van der Waals surface area (Å²) in [6.07, 6.45) is 3.08. The normalized spacial score (nSPS) is 21.2. The smallest absolute Gasteiger partial charge is 0.281 e. The third-order valence-corrected chi connectivity index (χ3v) is 6.74. The number of carbonyl (C=O) groups is 1. The molecule has 0 saturated carbocycles. The molecular weight excluding hydrogens is 504 g/mol. The molecule has 5 rings (SSSR count). The van der Waals surface area contributed by atoms with Crippen LogP contribution in [-0.4, -0.2) is 75.9 Å². The van der Waals surface area contributed by atoms with Crippen molar-refractivity contribution in [3.05, 3.63) is 57.7 Å². The van der Waals surface area contributed by atoms with Crippen LogP contribution >= 0.6 is 0 Å². The van der Waals surface area contributed by atoms with Crippen molar-refractivity contribution in [3.63, 3.8) is 0 Å². The summed E-state index contributed by atoms with van der Waals surface area (Å²) in [6, 6.07) is 6.66. The second kappa shape index (κ2) is 10.9. The van der Waals surface area contributed by atoms with Crippen LogP contribution < -0.4 is 15.7 Å². The Bertz CT molecular complexity index is 1470. The molecule has 1 amide bonds. The Kier molecular flexibility index (Phi) is 7.44. The molecule has 1 aromatic carbocycles. The van der Waals surface area contributed by atoms with Gasteiger partial charge in [0.15, 0.2) is 11.4 Å². The van der Waals surface area contributed by atoms with Gasteiger partial charge < -0.3 is 14.8 Å². The van der Waals surface area contributed by atoms with E-state index in [0.29, 0.717) is 49.5 Å². The van der Waals surface area contributed by atoms with Crippen LogP contribution in [0.3, 0.4) is 0 Å². The molecule has 2 aliphatic rings. The largest absolute Gasteiger partial charge is 0.488 e. The van der Waals surface area contributed by atoms with E-state index in [9.17, 15) is 14.6 Å². The standard InChI is InChI=1S/C26H30N8O5/c1-16-12-33(13-17(2)39-16)14-26(3,32-37)15-38-20-7-6-19-21(22(20)31-36)29-25(34-10-9-28-23(19)34)30-24(35)18-5-4-8-27-11-18/h4-8,11,16-17,28H,9-10,12-15H2,1-3H3/t16-,17+,26?. The minimum atomic E-state index is -1.08. The average molecular weight is 535 g/mol. The maximum atomic E-state index is 12.8. The Labute approximate surface area is 224 Å². The Morgan fingerprint density at radius 2 is 2.03 bits per heavy atom. The molecule has 1 fully saturated rings. The van der Waals surface area contributed by atoms with E-state index in [-0.39, 0.29) is 41.4 Å². The lowest BCUT2D eigenvalue weighted by Crippen LogP contribution is -2.52. The van der Waals surface area contributed by atoms with Crippen LogP contribution in [0.1, 0.15) is 31.1 Å². The van der Waals surface area contributed by atoms with Gasteiger partial charge in [-0.1, -0.05) is 5.18 Å². The van der Waals surface area contributed by atoms with Crippen LogP contribution in [0.2, 0.25) is 0 Å². The van der Waals surface area contributed by atoms with E-state index in [2.05, 4.69) is 35.5 Å². The number of hydrogen-bond donors (Lipinski definition) is 1. The van der Waals surface area contributed by atoms with Crippen LogP contribution in [0, 0.1) is 9.81 Å². The van der Waals surface area contributed by atoms with E-state index >= 15 is 0 Å². The van der Waals surface area contributed by atoms with E-state index in [0.717, 1.165) is 0 Å². The SMILES string of the molecule is C[C@@H]1CN(CC(C)(COc2ccc3c4n(c(=NC(=O)c5cccnc5)nc3c2N=O)CCN4)N=O)C[C@H](C)O1. The van der Waals surface area contributed by atoms with Crippen molar-refractivity contribution >= 4 is 28.3 Å². The highest BCUT2D eigenvalue weighted by Crippen LogP contribution is 2.38. The molecule has 2 aliphatic heterocycles. The number of carbonyl (C=O) groups excluding carboxylic acids is 1. The van der Waals surface area contributed by atoms with E-state index in [1.807, 2.05) is 13.8 Å². The van der Waals surface area contributed by atoms with Crippen molar-refractivity contribution in [3.8, 4) is 5.75 Å². The molecule has 1 unspecified atom stereocenters. The fourth-order valence-electron chi connectivity index (χ4n) is 5.12. The van der Waals surface area contributed by atoms with Crippen LogP contribution in [0.5, 0.6) is 5.75 Å². The number of rotatable bonds is 8. The number of amides is 1. The lowest BCUT2D eigenvalue weighted by Gasteiger charge is -2.38. The number of aromatic nitrogens is 3. The summed E-state index contributed by atoms with van der Waals surface area (Å²) in [5, 5.41) is 10.5. The van der Waals surface area contributed by atoms with Crippen molar-refractivity contribution in [2.24, 2.45) is 15.3 Å². The zero-order valence-corrected chi connectivity index (χ0v) is 22.0. The number of fused-ring (bicyclic) bond motifs is 3. The molecule has 39 heavy (non-hydrogen) atoms. The highest BCUT2D eigenvalue weighted by Gasteiger charge is 2.34. The number of benzene rings is 1. The predicted octanol–water partition coefficient (Wildman–Crippen LogP) is 3.01. The molecule has 3 atom stereocenters. The first-order valence-electron chi connectivity index (χ1n) is 12.8. The second-order valence-electron chi connectivity index (χ2n) is 10.2. The fraction of sp³-hybridized carbons (Fsp3) is 0.462. The fourth-order valence-corrected chi connectivity index (χ4v) is 5.12. The van der Waals surface area contributed by atoms with Crippen molar-refractivity contribution in [1.29, 1.82) is 0 Å². The Balaban J connectivity index is 1.47. The van der Waals surface area contributed by atoms with E-state index in [4.69, 9.17) is 9.47 Å². The molecule has 1 N–H and O–H groups in total. The molecule has 204 valence electrons. The molecule has 2 aromatic heterocycles. The average Bonchev–Trinajstić information content (AvgIpc) is 3.42. The second-order valence-corrected chi connectivity index (χ2v) is 10.2. The van der Waals surface area contributed by atoms with Crippen molar-refractivity contribution < 1.29 is 14.3 Å². The summed E-state index contributed by atoms with van der Waals surface area (Å²) in [7, 11) is 0. The molecule has 0 bridgehead atoms. The molecule has 13 nitrogen and oxygen atoms in total. The van der Waals surface area contributed by atoms with E-state index < -0.39 is 11.4 Å². The van der Waals surface area contributed by atoms with Gasteiger partial charge in [-0.05, 0) is 50.2 Å². The molecular formula is C26H30N8O5. The minimum Gasteiger partial charge on any atom is -0.488 e. The first kappa shape index (κ1) is 26.5. The van der Waals surface area contributed by atoms with Gasteiger partial charge in [0.2, 0.25) is 5.62 Å². The van der Waals surface area contributed by atoms with Gasteiger partial charge in [0.05, 0.1) is 17.8 Å². The lowest BCUT2D eigenvalue weighted by atomic mass is 10.0. The summed E-state index contributed by atoms with van der Waals surface area (Å²) in [5.74, 6) is 0.323. The maximum Gasteiger partial charge on any atom is 0.281 e. The van der Waals surface area contributed by atoms with Gasteiger partial charge in [-0.15, -0.1) is 4.91 Å². The quantitative estimate of drug-likeness (QED) is 0.430. The van der Waals surface area contributed by atoms with Gasteiger partial charge in [0.25, 0.3) is 5.91 Å². The summed E-state index contributed by atoms with van der Waals surface area (Å²) in [5.41, 5.74) is -0.441. The Morgan fingerprint density at radius 3 is 2.72 bits per heavy atom. The third-order valence-electron chi connectivity index (χ3n) is 6.74. The number of nitrogens with zero attached hydrogens (tertiary/aromatic N) is 7. The summed E-state index contributed by atoms with van der Waals surface area (Å²) >= 11 is 0. The number of ether oxygens (including phenoxy) is 2. The molecule has 0 radical (unpaired) electrons. The molecule has 1 saturated heterocycles. The number of pyridine rings is 1. The highest BCUT2D eigenvalue weighted by molar-refractivity contribution is 5.99. The van der Waals surface area contributed by atoms with E-state index in [1.54, 1.807) is 42.0 Å².